The Hall–Kier alpha value is -15.7. The summed E-state index contributed by atoms with van der Waals surface area (Å²) in [6, 6.07) is 178. The van der Waals surface area contributed by atoms with E-state index in [-0.39, 0.29) is 80.4 Å². The van der Waals surface area contributed by atoms with Crippen LogP contribution >= 0.6 is 0 Å². The zero-order valence-electron chi connectivity index (χ0n) is 79.3. The van der Waals surface area contributed by atoms with Crippen LogP contribution in [0.5, 0.6) is 0 Å². The van der Waals surface area contributed by atoms with Crippen molar-refractivity contribution in [3.05, 3.63) is 575 Å². The van der Waals surface area contributed by atoms with Crippen molar-refractivity contribution in [2.24, 2.45) is 0 Å². The van der Waals surface area contributed by atoms with Gasteiger partial charge in [-0.3, -0.25) is 0 Å². The van der Waals surface area contributed by atoms with Gasteiger partial charge in [0.15, 0.2) is 0 Å². The number of para-hydroxylation sites is 1. The predicted molar refractivity (Wildman–Crippen MR) is 577 cm³/mol. The first-order valence-electron chi connectivity index (χ1n) is 46.2. The molecule has 0 amide bonds. The summed E-state index contributed by atoms with van der Waals surface area (Å²) in [5, 5.41) is 8.77. The molecule has 0 saturated carbocycles. The summed E-state index contributed by atoms with van der Waals surface area (Å²) in [6.07, 6.45) is 14.8. The van der Waals surface area contributed by atoms with Gasteiger partial charge in [0, 0.05) is 141 Å². The molecule has 0 atom stereocenters. The van der Waals surface area contributed by atoms with Crippen molar-refractivity contribution in [3.63, 3.8) is 0 Å². The second-order valence-electron chi connectivity index (χ2n) is 32.5. The Bertz CT molecular complexity index is 7570. The van der Waals surface area contributed by atoms with Crippen LogP contribution in [0.15, 0.2) is 505 Å². The molecule has 0 N–H and O–H groups in total. The molecule has 24 rings (SSSR count). The van der Waals surface area contributed by atoms with E-state index in [4.69, 9.17) is 4.98 Å². The van der Waals surface area contributed by atoms with Gasteiger partial charge in [0.25, 0.3) is 0 Å². The molecule has 0 bridgehead atoms. The molecule has 708 valence electrons. The van der Waals surface area contributed by atoms with E-state index in [1.165, 1.54) is 76.8 Å². The van der Waals surface area contributed by atoms with E-state index < -0.39 is 0 Å². The largest absolute Gasteiger partial charge is 0.305 e. The number of hydrogen-bond acceptors (Lipinski definition) is 9. The number of aromatic nitrogens is 9. The van der Waals surface area contributed by atoms with E-state index >= 15 is 0 Å². The third-order valence-corrected chi connectivity index (χ3v) is 23.2. The van der Waals surface area contributed by atoms with Crippen molar-refractivity contribution in [2.75, 3.05) is 0 Å². The summed E-state index contributed by atoms with van der Waals surface area (Å²) in [4.78, 5) is 40.0. The van der Waals surface area contributed by atoms with E-state index in [0.717, 1.165) is 123 Å². The van der Waals surface area contributed by atoms with Gasteiger partial charge in [-0.15, -0.1) is 287 Å². The molecule has 4 radical (unpaired) electrons. The van der Waals surface area contributed by atoms with Gasteiger partial charge in [0.2, 0.25) is 0 Å². The minimum atomic E-state index is 0. The van der Waals surface area contributed by atoms with Gasteiger partial charge in [-0.25, -0.2) is 4.98 Å². The number of hydrogen-bond donors (Lipinski definition) is 0. The normalized spacial score (nSPS) is 10.1. The van der Waals surface area contributed by atoms with Crippen molar-refractivity contribution in [1.29, 1.82) is 0 Å². The Morgan fingerprint density at radius 1 is 0.181 bits per heavy atom. The maximum absolute atomic E-state index is 4.76. The first-order chi connectivity index (χ1) is 69.2. The fourth-order valence-corrected chi connectivity index (χ4v) is 16.0. The minimum Gasteiger partial charge on any atom is -0.305 e. The molecule has 0 aliphatic heterocycles. The number of rotatable bonds is 12. The molecular formula is C131H95Ir4N9-8. The van der Waals surface area contributed by atoms with E-state index in [1.54, 1.807) is 24.8 Å². The second-order valence-corrected chi connectivity index (χ2v) is 32.5. The van der Waals surface area contributed by atoms with Gasteiger partial charge in [-0.05, 0) is 204 Å². The van der Waals surface area contributed by atoms with Crippen molar-refractivity contribution in [1.82, 2.24) is 44.9 Å². The molecule has 0 saturated heterocycles. The monoisotopic (exact) mass is 2570 g/mol. The first kappa shape index (κ1) is 106. The molecule has 0 aliphatic carbocycles. The number of fused-ring (bicyclic) bond motifs is 4. The van der Waals surface area contributed by atoms with Crippen LogP contribution in [0.1, 0.15) is 22.3 Å². The summed E-state index contributed by atoms with van der Waals surface area (Å²) < 4.78 is 0. The molecule has 0 fully saturated rings. The van der Waals surface area contributed by atoms with Crippen molar-refractivity contribution < 1.29 is 80.4 Å². The SMILES string of the molecule is Cc1c(-c2ccc(-c3[c-]cccc3)nc2)ccc2ccccc12.Cc1c(-c2cccc3ccccc23)ccnc1-c1[c-]cccc1.Cc1cc(-c2[c-]cccc2)ncc1-c1ccc2ccccc2n1.Cc1cnc(-c2[c-]cccc2)cc1-c1ccc2ccccc2c1.[Ir].[Ir].[Ir].[Ir].[c-]1ccccc1-c1ccccn1.[c-]1ccccc1-c1ccccn1.[c-]1ccccc1-c1ccccn1.[c-]1ccccc1-c1ccccn1. The zero-order valence-corrected chi connectivity index (χ0v) is 88.9. The fraction of sp³-hybridized carbons (Fsp3) is 0.0305. The molecule has 0 spiro atoms. The Morgan fingerprint density at radius 2 is 0.549 bits per heavy atom. The summed E-state index contributed by atoms with van der Waals surface area (Å²) in [5.74, 6) is 0. The van der Waals surface area contributed by atoms with Crippen LogP contribution in [-0.2, 0) is 80.4 Å². The number of pyridine rings is 9. The smallest absolute Gasteiger partial charge is 0.0727 e. The molecule has 9 nitrogen and oxygen atoms in total. The molecule has 144 heavy (non-hydrogen) atoms. The quantitative estimate of drug-likeness (QED) is 0.110. The van der Waals surface area contributed by atoms with E-state index in [0.29, 0.717) is 0 Å². The van der Waals surface area contributed by atoms with Crippen molar-refractivity contribution in [3.8, 4) is 135 Å². The van der Waals surface area contributed by atoms with Gasteiger partial charge in [-0.2, -0.15) is 0 Å². The van der Waals surface area contributed by atoms with Crippen LogP contribution in [-0.4, -0.2) is 44.9 Å². The zero-order chi connectivity index (χ0) is 95.5. The predicted octanol–water partition coefficient (Wildman–Crippen LogP) is 32.3. The van der Waals surface area contributed by atoms with E-state index in [9.17, 15) is 0 Å². The number of nitrogens with zero attached hydrogens (tertiary/aromatic N) is 9. The molecule has 9 aromatic heterocycles. The Kier molecular flexibility index (Phi) is 40.3. The summed E-state index contributed by atoms with van der Waals surface area (Å²) >= 11 is 0. The van der Waals surface area contributed by atoms with E-state index in [2.05, 4.69) is 292 Å². The van der Waals surface area contributed by atoms with Crippen LogP contribution in [0.2, 0.25) is 0 Å². The van der Waals surface area contributed by atoms with Gasteiger partial charge in [0.1, 0.15) is 0 Å². The first-order valence-corrected chi connectivity index (χ1v) is 46.2. The third-order valence-electron chi connectivity index (χ3n) is 23.2. The van der Waals surface area contributed by atoms with Gasteiger partial charge >= 0.3 is 0 Å². The van der Waals surface area contributed by atoms with Gasteiger partial charge in [0.05, 0.1) is 11.2 Å². The van der Waals surface area contributed by atoms with Crippen molar-refractivity contribution in [2.45, 2.75) is 27.7 Å². The summed E-state index contributed by atoms with van der Waals surface area (Å²) in [6.45, 7) is 8.52. The minimum absolute atomic E-state index is 0. The molecule has 0 unspecified atom stereocenters. The second kappa shape index (κ2) is 54.9. The van der Waals surface area contributed by atoms with Crippen LogP contribution in [0.25, 0.3) is 178 Å². The van der Waals surface area contributed by atoms with Crippen LogP contribution < -0.4 is 0 Å². The molecule has 13 heteroatoms. The Labute approximate surface area is 898 Å². The van der Waals surface area contributed by atoms with Gasteiger partial charge < -0.3 is 39.9 Å². The molecular weight excluding hydrogens is 2470 g/mol. The Balaban J connectivity index is 0.000000140. The van der Waals surface area contributed by atoms with Crippen molar-refractivity contribution >= 4 is 43.2 Å². The fourth-order valence-electron chi connectivity index (χ4n) is 16.0. The van der Waals surface area contributed by atoms with Crippen LogP contribution in [0, 0.1) is 76.2 Å². The van der Waals surface area contributed by atoms with Crippen LogP contribution in [0.4, 0.5) is 0 Å². The molecule has 15 aromatic carbocycles. The van der Waals surface area contributed by atoms with Gasteiger partial charge in [-0.1, -0.05) is 218 Å². The maximum atomic E-state index is 4.76. The molecule has 9 heterocycles. The summed E-state index contributed by atoms with van der Waals surface area (Å²) in [5.41, 5.74) is 31.1. The van der Waals surface area contributed by atoms with Crippen LogP contribution in [0.3, 0.4) is 0 Å². The molecule has 24 aromatic rings. The number of aryl methyl sites for hydroxylation is 3. The average Bonchev–Trinajstić information content (AvgIpc) is 0.786. The standard InChI is InChI=1S/3C22H16N.C21H15N2.4C11H8N.4Ir/c1-16-19(14-15-23-22(16)18-9-3-2-4-10-18)21-13-7-11-17-8-5-6-12-20(17)21;1-16-20-10-6-5-7-17(20)11-13-21(16)19-12-14-22(23-15-19)18-8-3-2-4-9-18;1-16-15-23-22(18-8-3-2-4-9-18)14-21(16)20-12-11-17-7-5-6-10-19(17)13-20;1-15-13-21(16-7-3-2-4-8-16)22-14-18(15)20-12-11-17-9-5-6-10-19(17)23-20;4*1-2-6-10(7-3-1)11-8-4-5-9-12-11;;;;/h2-9,11-15H,1H3;2*2-8,10-15H,1H3;2-7,9-14H,1H3;4*1-6,8-9H;;;;/q8*-1;;;;. The topological polar surface area (TPSA) is 116 Å². The Morgan fingerprint density at radius 3 is 1.01 bits per heavy atom. The number of benzene rings is 15. The third kappa shape index (κ3) is 28.6. The summed E-state index contributed by atoms with van der Waals surface area (Å²) in [7, 11) is 0. The average molecular weight is 2560 g/mol. The maximum Gasteiger partial charge on any atom is 0.0727 e. The van der Waals surface area contributed by atoms with E-state index in [1.807, 2.05) is 304 Å². The molecule has 0 aliphatic rings.